The van der Waals surface area contributed by atoms with Crippen LogP contribution >= 0.6 is 11.3 Å². The molecule has 4 rings (SSSR count). The van der Waals surface area contributed by atoms with Gasteiger partial charge in [0.2, 0.25) is 0 Å². The molecule has 1 aromatic carbocycles. The van der Waals surface area contributed by atoms with Crippen LogP contribution in [0.25, 0.3) is 10.1 Å². The summed E-state index contributed by atoms with van der Waals surface area (Å²) in [5, 5.41) is 5.62. The second kappa shape index (κ2) is 6.61. The Bertz CT molecular complexity index is 865. The monoisotopic (exact) mass is 354 g/mol. The summed E-state index contributed by atoms with van der Waals surface area (Å²) in [6, 6.07) is 12.4. The summed E-state index contributed by atoms with van der Waals surface area (Å²) >= 11 is 1.58. The van der Waals surface area contributed by atoms with E-state index in [0.29, 0.717) is 6.54 Å². The number of hydrogen-bond acceptors (Lipinski definition) is 4. The Balaban J connectivity index is 1.58. The van der Waals surface area contributed by atoms with Crippen molar-refractivity contribution in [2.45, 2.75) is 19.0 Å². The van der Waals surface area contributed by atoms with E-state index in [4.69, 9.17) is 0 Å². The smallest absolute Gasteiger partial charge is 0.264 e. The van der Waals surface area contributed by atoms with Gasteiger partial charge in [0.25, 0.3) is 5.91 Å². The number of hydrogen-bond donors (Lipinski definition) is 0. The topological polar surface area (TPSA) is 41.4 Å². The van der Waals surface area contributed by atoms with Crippen LogP contribution < -0.4 is 0 Å². The molecule has 0 bridgehead atoms. The lowest BCUT2D eigenvalue weighted by molar-refractivity contribution is 0.0665. The van der Waals surface area contributed by atoms with Gasteiger partial charge in [-0.05, 0) is 50.6 Å². The van der Waals surface area contributed by atoms with Gasteiger partial charge in [-0.3, -0.25) is 9.48 Å². The van der Waals surface area contributed by atoms with Gasteiger partial charge in [0.15, 0.2) is 0 Å². The van der Waals surface area contributed by atoms with Gasteiger partial charge in [-0.2, -0.15) is 5.10 Å². The van der Waals surface area contributed by atoms with Gasteiger partial charge >= 0.3 is 0 Å². The maximum absolute atomic E-state index is 13.1. The van der Waals surface area contributed by atoms with Crippen molar-refractivity contribution in [1.82, 2.24) is 19.6 Å². The molecule has 5 nitrogen and oxygen atoms in total. The fraction of sp³-hybridized carbons (Fsp3) is 0.368. The molecule has 0 spiro atoms. The van der Waals surface area contributed by atoms with Crippen LogP contribution in [-0.4, -0.2) is 52.7 Å². The van der Waals surface area contributed by atoms with E-state index in [-0.39, 0.29) is 11.9 Å². The minimum absolute atomic E-state index is 0.128. The molecule has 1 amide bonds. The first kappa shape index (κ1) is 16.3. The Morgan fingerprint density at radius 1 is 1.32 bits per heavy atom. The first-order valence-electron chi connectivity index (χ1n) is 8.57. The summed E-state index contributed by atoms with van der Waals surface area (Å²) in [5.74, 6) is 0.128. The van der Waals surface area contributed by atoms with Crippen LogP contribution in [-0.2, 0) is 6.54 Å². The van der Waals surface area contributed by atoms with Gasteiger partial charge in [-0.25, -0.2) is 0 Å². The fourth-order valence-electron chi connectivity index (χ4n) is 3.41. The Hall–Kier alpha value is -2.18. The lowest BCUT2D eigenvalue weighted by atomic mass is 10.1. The molecule has 25 heavy (non-hydrogen) atoms. The Labute approximate surface area is 151 Å². The third kappa shape index (κ3) is 3.19. The summed E-state index contributed by atoms with van der Waals surface area (Å²) < 4.78 is 3.26. The summed E-state index contributed by atoms with van der Waals surface area (Å²) in [6.07, 6.45) is 2.82. The van der Waals surface area contributed by atoms with Gasteiger partial charge < -0.3 is 9.80 Å². The molecule has 3 aromatic rings. The number of benzene rings is 1. The first-order valence-corrected chi connectivity index (χ1v) is 9.38. The minimum Gasteiger partial charge on any atom is -0.330 e. The highest BCUT2D eigenvalue weighted by atomic mass is 32.1. The highest BCUT2D eigenvalue weighted by Crippen LogP contribution is 2.29. The Morgan fingerprint density at radius 2 is 2.16 bits per heavy atom. The quantitative estimate of drug-likeness (QED) is 0.722. The van der Waals surface area contributed by atoms with E-state index < -0.39 is 0 Å². The Morgan fingerprint density at radius 3 is 2.96 bits per heavy atom. The van der Waals surface area contributed by atoms with Crippen LogP contribution in [0.2, 0.25) is 0 Å². The molecule has 0 unspecified atom stereocenters. The molecule has 0 aliphatic carbocycles. The van der Waals surface area contributed by atoms with Crippen molar-refractivity contribution in [1.29, 1.82) is 0 Å². The number of fused-ring (bicyclic) bond motifs is 2. The number of amides is 1. The highest BCUT2D eigenvalue weighted by Gasteiger charge is 2.29. The lowest BCUT2D eigenvalue weighted by Gasteiger charge is -2.34. The number of carbonyl (C=O) groups is 1. The third-order valence-electron chi connectivity index (χ3n) is 4.72. The first-order chi connectivity index (χ1) is 12.1. The Kier molecular flexibility index (Phi) is 4.31. The van der Waals surface area contributed by atoms with E-state index in [1.165, 1.54) is 0 Å². The van der Waals surface area contributed by atoms with Crippen molar-refractivity contribution in [3.8, 4) is 0 Å². The van der Waals surface area contributed by atoms with Gasteiger partial charge in [-0.1, -0.05) is 18.2 Å². The highest BCUT2D eigenvalue weighted by molar-refractivity contribution is 7.20. The molecule has 0 N–H and O–H groups in total. The van der Waals surface area contributed by atoms with E-state index >= 15 is 0 Å². The molecule has 1 aliphatic heterocycles. The molecule has 0 fully saturated rings. The number of thiophene rings is 1. The van der Waals surface area contributed by atoms with Crippen LogP contribution in [0.3, 0.4) is 0 Å². The number of aromatic nitrogens is 2. The zero-order chi connectivity index (χ0) is 17.4. The fourth-order valence-corrected chi connectivity index (χ4v) is 4.44. The maximum atomic E-state index is 13.1. The molecule has 0 saturated heterocycles. The van der Waals surface area contributed by atoms with Crippen LogP contribution in [0.15, 0.2) is 42.6 Å². The van der Waals surface area contributed by atoms with Gasteiger partial charge in [0.05, 0.1) is 23.2 Å². The zero-order valence-corrected chi connectivity index (χ0v) is 15.4. The van der Waals surface area contributed by atoms with Crippen LogP contribution in [0, 0.1) is 0 Å². The van der Waals surface area contributed by atoms with Gasteiger partial charge in [-0.15, -0.1) is 11.3 Å². The normalized spacial score (nSPS) is 17.2. The van der Waals surface area contributed by atoms with Crippen LogP contribution in [0.4, 0.5) is 0 Å². The predicted molar refractivity (Wildman–Crippen MR) is 101 cm³/mol. The molecule has 1 aliphatic rings. The largest absolute Gasteiger partial charge is 0.330 e. The second-order valence-corrected chi connectivity index (χ2v) is 7.93. The molecule has 6 heteroatoms. The standard InChI is InChI=1S/C19H22N4OS/c1-21(2)10-8-16-13-22(12-15-7-9-20-23(15)16)19(24)18-11-14-5-3-4-6-17(14)25-18/h3-7,9,11,16H,8,10,12-13H2,1-2H3/t16-/m0/s1. The molecule has 1 atom stereocenters. The SMILES string of the molecule is CN(C)CC[C@H]1CN(C(=O)c2cc3ccccc3s2)Cc2ccnn21. The summed E-state index contributed by atoms with van der Waals surface area (Å²) in [4.78, 5) is 18.1. The molecule has 2 aromatic heterocycles. The number of rotatable bonds is 4. The molecular weight excluding hydrogens is 332 g/mol. The van der Waals surface area contributed by atoms with Gasteiger partial charge in [0, 0.05) is 17.4 Å². The number of carbonyl (C=O) groups excluding carboxylic acids is 1. The maximum Gasteiger partial charge on any atom is 0.264 e. The zero-order valence-electron chi connectivity index (χ0n) is 14.6. The molecule has 3 heterocycles. The lowest BCUT2D eigenvalue weighted by Crippen LogP contribution is -2.41. The van der Waals surface area contributed by atoms with E-state index in [0.717, 1.165) is 40.2 Å². The van der Waals surface area contributed by atoms with Crippen molar-refractivity contribution in [2.24, 2.45) is 0 Å². The van der Waals surface area contributed by atoms with Crippen molar-refractivity contribution >= 4 is 27.3 Å². The molecule has 0 saturated carbocycles. The summed E-state index contributed by atoms with van der Waals surface area (Å²) in [5.41, 5.74) is 1.12. The van der Waals surface area contributed by atoms with Crippen molar-refractivity contribution in [3.05, 3.63) is 53.2 Å². The van der Waals surface area contributed by atoms with Crippen molar-refractivity contribution in [3.63, 3.8) is 0 Å². The molecular formula is C19H22N4OS. The summed E-state index contributed by atoms with van der Waals surface area (Å²) in [6.45, 7) is 2.33. The van der Waals surface area contributed by atoms with Crippen molar-refractivity contribution < 1.29 is 4.79 Å². The predicted octanol–water partition coefficient (Wildman–Crippen LogP) is 3.25. The number of nitrogens with zero attached hydrogens (tertiary/aromatic N) is 4. The average molecular weight is 354 g/mol. The van der Waals surface area contributed by atoms with E-state index in [1.807, 2.05) is 35.4 Å². The van der Waals surface area contributed by atoms with E-state index in [2.05, 4.69) is 40.9 Å². The molecule has 0 radical (unpaired) electrons. The van der Waals surface area contributed by atoms with E-state index in [1.54, 1.807) is 11.3 Å². The average Bonchev–Trinajstić information content (AvgIpc) is 3.25. The third-order valence-corrected chi connectivity index (χ3v) is 5.82. The second-order valence-electron chi connectivity index (χ2n) is 6.85. The van der Waals surface area contributed by atoms with Crippen LogP contribution in [0.5, 0.6) is 0 Å². The summed E-state index contributed by atoms with van der Waals surface area (Å²) in [7, 11) is 4.15. The van der Waals surface area contributed by atoms with Crippen molar-refractivity contribution in [2.75, 3.05) is 27.2 Å². The van der Waals surface area contributed by atoms with Gasteiger partial charge in [0.1, 0.15) is 0 Å². The molecule has 130 valence electrons. The minimum atomic E-state index is 0.128. The van der Waals surface area contributed by atoms with E-state index in [9.17, 15) is 4.79 Å². The van der Waals surface area contributed by atoms with Crippen LogP contribution in [0.1, 0.15) is 27.8 Å².